The molecule has 0 fully saturated rings. The second kappa shape index (κ2) is 17.7. The standard InChI is InChI=1S/C76H46O2/c1-3-18-47(19-4-1)49-36-38-50(39-37-49)71-56-25-7-10-28-59(56)74(65-32-16-30-62-55-24-11-13-33-68(55)78-76(62)65)67-46-53(40-42-60(67)71)52-41-43-61-66(45-52)73(64-31-17-35-70-75(64)63-29-12-14-34-69(63)77-70)58-27-9-8-26-57(58)72(61)54-23-15-22-51(44-54)48-20-5-2-6-21-48/h1-46H. The van der Waals surface area contributed by atoms with Gasteiger partial charge in [-0.15, -0.1) is 0 Å². The highest BCUT2D eigenvalue weighted by Crippen LogP contribution is 2.51. The Labute approximate surface area is 450 Å². The molecular formula is C76H46O2. The van der Waals surface area contributed by atoms with Gasteiger partial charge in [0.1, 0.15) is 22.3 Å². The fraction of sp³-hybridized carbons (Fsp3) is 0. The van der Waals surface area contributed by atoms with Gasteiger partial charge < -0.3 is 8.83 Å². The van der Waals surface area contributed by atoms with Gasteiger partial charge >= 0.3 is 0 Å². The number of para-hydroxylation sites is 3. The van der Waals surface area contributed by atoms with Crippen molar-refractivity contribution in [2.24, 2.45) is 0 Å². The van der Waals surface area contributed by atoms with E-state index in [4.69, 9.17) is 8.83 Å². The Balaban J connectivity index is 0.993. The van der Waals surface area contributed by atoms with Crippen LogP contribution in [0, 0.1) is 0 Å². The van der Waals surface area contributed by atoms with Gasteiger partial charge in [-0.3, -0.25) is 0 Å². The summed E-state index contributed by atoms with van der Waals surface area (Å²) in [5.74, 6) is 0. The summed E-state index contributed by atoms with van der Waals surface area (Å²) in [5, 5.41) is 13.9. The number of benzene rings is 14. The van der Waals surface area contributed by atoms with E-state index in [1.165, 1.54) is 87.8 Å². The molecule has 2 heteroatoms. The SMILES string of the molecule is c1ccc(-c2ccc(-c3c4ccccc4c(-c4cccc5c4oc4ccccc45)c4cc(-c5ccc6c(-c7cccc(-c8ccccc8)c7)c7ccccc7c(-c7cccc8oc9ccccc9c78)c6c5)ccc34)cc2)cc1. The van der Waals surface area contributed by atoms with Gasteiger partial charge in [-0.2, -0.15) is 0 Å². The lowest BCUT2D eigenvalue weighted by atomic mass is 9.82. The van der Waals surface area contributed by atoms with E-state index in [0.29, 0.717) is 0 Å². The van der Waals surface area contributed by atoms with Crippen molar-refractivity contribution in [3.8, 4) is 77.9 Å². The van der Waals surface area contributed by atoms with Crippen LogP contribution in [0.3, 0.4) is 0 Å². The molecule has 2 nitrogen and oxygen atoms in total. The molecule has 0 radical (unpaired) electrons. The zero-order valence-electron chi connectivity index (χ0n) is 42.4. The number of fused-ring (bicyclic) bond motifs is 10. The third kappa shape index (κ3) is 6.90. The van der Waals surface area contributed by atoms with E-state index in [2.05, 4.69) is 279 Å². The topological polar surface area (TPSA) is 26.3 Å². The summed E-state index contributed by atoms with van der Waals surface area (Å²) in [7, 11) is 0. The van der Waals surface area contributed by atoms with Gasteiger partial charge in [-0.25, -0.2) is 0 Å². The first-order chi connectivity index (χ1) is 38.7. The number of hydrogen-bond acceptors (Lipinski definition) is 2. The smallest absolute Gasteiger partial charge is 0.143 e. The van der Waals surface area contributed by atoms with Crippen molar-refractivity contribution in [1.82, 2.24) is 0 Å². The number of hydrogen-bond donors (Lipinski definition) is 0. The van der Waals surface area contributed by atoms with Gasteiger partial charge in [-0.05, 0) is 146 Å². The molecule has 0 amide bonds. The maximum atomic E-state index is 6.88. The van der Waals surface area contributed by atoms with E-state index in [9.17, 15) is 0 Å². The van der Waals surface area contributed by atoms with Crippen LogP contribution in [0.2, 0.25) is 0 Å². The van der Waals surface area contributed by atoms with Crippen LogP contribution in [0.5, 0.6) is 0 Å². The van der Waals surface area contributed by atoms with Crippen LogP contribution >= 0.6 is 0 Å². The summed E-state index contributed by atoms with van der Waals surface area (Å²) in [6.45, 7) is 0. The summed E-state index contributed by atoms with van der Waals surface area (Å²) in [6, 6.07) is 102. The fourth-order valence-electron chi connectivity index (χ4n) is 12.8. The Bertz CT molecular complexity index is 5060. The molecule has 362 valence electrons. The van der Waals surface area contributed by atoms with Crippen molar-refractivity contribution in [1.29, 1.82) is 0 Å². The molecule has 0 unspecified atom stereocenters. The van der Waals surface area contributed by atoms with E-state index >= 15 is 0 Å². The molecule has 2 aromatic heterocycles. The molecule has 0 spiro atoms. The highest BCUT2D eigenvalue weighted by molar-refractivity contribution is 6.28. The molecule has 0 saturated carbocycles. The third-order valence-electron chi connectivity index (χ3n) is 16.3. The van der Waals surface area contributed by atoms with Gasteiger partial charge in [0.25, 0.3) is 0 Å². The molecule has 16 aromatic rings. The van der Waals surface area contributed by atoms with Gasteiger partial charge in [0.15, 0.2) is 0 Å². The zero-order chi connectivity index (χ0) is 51.3. The lowest BCUT2D eigenvalue weighted by Gasteiger charge is -2.20. The lowest BCUT2D eigenvalue weighted by Crippen LogP contribution is -1.94. The number of rotatable bonds is 7. The largest absolute Gasteiger partial charge is 0.456 e. The molecular weight excluding hydrogens is 945 g/mol. The minimum Gasteiger partial charge on any atom is -0.456 e. The highest BCUT2D eigenvalue weighted by Gasteiger charge is 2.24. The molecule has 0 aliphatic carbocycles. The Morgan fingerprint density at radius 2 is 0.564 bits per heavy atom. The quantitative estimate of drug-likeness (QED) is 0.149. The van der Waals surface area contributed by atoms with Crippen LogP contribution in [-0.2, 0) is 0 Å². The molecule has 78 heavy (non-hydrogen) atoms. The molecule has 16 rings (SSSR count). The summed E-state index contributed by atoms with van der Waals surface area (Å²) in [5.41, 5.74) is 19.9. The minimum absolute atomic E-state index is 0.876. The molecule has 0 aliphatic heterocycles. The monoisotopic (exact) mass is 990 g/mol. The molecule has 0 N–H and O–H groups in total. The van der Waals surface area contributed by atoms with E-state index in [0.717, 1.165) is 77.1 Å². The van der Waals surface area contributed by atoms with Crippen molar-refractivity contribution in [2.45, 2.75) is 0 Å². The van der Waals surface area contributed by atoms with Crippen molar-refractivity contribution < 1.29 is 8.83 Å². The molecule has 0 atom stereocenters. The van der Waals surface area contributed by atoms with Crippen molar-refractivity contribution in [3.63, 3.8) is 0 Å². The Morgan fingerprint density at radius 1 is 0.179 bits per heavy atom. The third-order valence-corrected chi connectivity index (χ3v) is 16.3. The average Bonchev–Trinajstić information content (AvgIpc) is 4.14. The van der Waals surface area contributed by atoms with E-state index in [1.807, 2.05) is 0 Å². The first-order valence-electron chi connectivity index (χ1n) is 26.8. The minimum atomic E-state index is 0.876. The summed E-state index contributed by atoms with van der Waals surface area (Å²) in [4.78, 5) is 0. The first-order valence-corrected chi connectivity index (χ1v) is 26.8. The van der Waals surface area contributed by atoms with Crippen molar-refractivity contribution >= 4 is 87.0 Å². The molecule has 2 heterocycles. The van der Waals surface area contributed by atoms with Gasteiger partial charge in [0.2, 0.25) is 0 Å². The Kier molecular flexibility index (Phi) is 9.98. The average molecular weight is 991 g/mol. The van der Waals surface area contributed by atoms with E-state index in [-0.39, 0.29) is 0 Å². The predicted molar refractivity (Wildman–Crippen MR) is 329 cm³/mol. The normalized spacial score (nSPS) is 11.8. The van der Waals surface area contributed by atoms with Crippen LogP contribution in [0.25, 0.3) is 165 Å². The zero-order valence-corrected chi connectivity index (χ0v) is 42.4. The second-order valence-corrected chi connectivity index (χ2v) is 20.6. The van der Waals surface area contributed by atoms with Gasteiger partial charge in [0.05, 0.1) is 0 Å². The highest BCUT2D eigenvalue weighted by atomic mass is 16.3. The maximum Gasteiger partial charge on any atom is 0.143 e. The second-order valence-electron chi connectivity index (χ2n) is 20.6. The van der Waals surface area contributed by atoms with Crippen LogP contribution in [0.1, 0.15) is 0 Å². The summed E-state index contributed by atoms with van der Waals surface area (Å²) < 4.78 is 13.5. The van der Waals surface area contributed by atoms with E-state index in [1.54, 1.807) is 0 Å². The first kappa shape index (κ1) is 44.1. The molecule has 0 aliphatic rings. The Hall–Kier alpha value is -10.3. The predicted octanol–water partition coefficient (Wildman–Crippen LogP) is 21.8. The Morgan fingerprint density at radius 3 is 1.22 bits per heavy atom. The van der Waals surface area contributed by atoms with Crippen molar-refractivity contribution in [3.05, 3.63) is 279 Å². The number of furan rings is 2. The fourth-order valence-corrected chi connectivity index (χ4v) is 12.8. The molecule has 0 bridgehead atoms. The van der Waals surface area contributed by atoms with Crippen LogP contribution < -0.4 is 0 Å². The maximum absolute atomic E-state index is 6.88. The van der Waals surface area contributed by atoms with Gasteiger partial charge in [0, 0.05) is 32.7 Å². The summed E-state index contributed by atoms with van der Waals surface area (Å²) in [6.07, 6.45) is 0. The van der Waals surface area contributed by atoms with Crippen molar-refractivity contribution in [2.75, 3.05) is 0 Å². The lowest BCUT2D eigenvalue weighted by molar-refractivity contribution is 0.669. The summed E-state index contributed by atoms with van der Waals surface area (Å²) >= 11 is 0. The molecule has 14 aromatic carbocycles. The van der Waals surface area contributed by atoms with Crippen LogP contribution in [-0.4, -0.2) is 0 Å². The molecule has 0 saturated heterocycles. The van der Waals surface area contributed by atoms with Crippen LogP contribution in [0.15, 0.2) is 288 Å². The van der Waals surface area contributed by atoms with Crippen LogP contribution in [0.4, 0.5) is 0 Å². The van der Waals surface area contributed by atoms with E-state index < -0.39 is 0 Å². The van der Waals surface area contributed by atoms with Gasteiger partial charge in [-0.1, -0.05) is 243 Å².